The zero-order valence-electron chi connectivity index (χ0n) is 16.4. The maximum absolute atomic E-state index is 13.5. The summed E-state index contributed by atoms with van der Waals surface area (Å²) in [6, 6.07) is 7.54. The summed E-state index contributed by atoms with van der Waals surface area (Å²) in [5.41, 5.74) is 0.877. The molecule has 1 amide bonds. The normalized spacial score (nSPS) is 16.1. The quantitative estimate of drug-likeness (QED) is 0.482. The van der Waals surface area contributed by atoms with Crippen LogP contribution in [-0.4, -0.2) is 31.5 Å². The third-order valence-electron chi connectivity index (χ3n) is 5.58. The highest BCUT2D eigenvalue weighted by molar-refractivity contribution is 7.10. The van der Waals surface area contributed by atoms with E-state index >= 15 is 0 Å². The summed E-state index contributed by atoms with van der Waals surface area (Å²) in [7, 11) is 2.99. The molecule has 152 valence electrons. The first-order valence-electron chi connectivity index (χ1n) is 9.43. The van der Waals surface area contributed by atoms with Gasteiger partial charge in [0.05, 0.1) is 17.0 Å². The summed E-state index contributed by atoms with van der Waals surface area (Å²) in [5, 5.41) is 4.34. The number of aryl methyl sites for hydroxylation is 1. The molecule has 0 saturated heterocycles. The molecule has 0 saturated carbocycles. The Morgan fingerprint density at radius 3 is 2.73 bits per heavy atom. The predicted molar refractivity (Wildman–Crippen MR) is 117 cm³/mol. The number of hydrogen-bond acceptors (Lipinski definition) is 6. The van der Waals surface area contributed by atoms with Crippen molar-refractivity contribution in [2.75, 3.05) is 6.54 Å². The number of carbonyl (C=O) groups is 1. The molecule has 1 atom stereocenters. The highest BCUT2D eigenvalue weighted by Crippen LogP contribution is 2.40. The lowest BCUT2D eigenvalue weighted by molar-refractivity contribution is 0.0698. The summed E-state index contributed by atoms with van der Waals surface area (Å²) in [5.74, 6) is -0.171. The van der Waals surface area contributed by atoms with Crippen LogP contribution < -0.4 is 11.2 Å². The fourth-order valence-corrected chi connectivity index (χ4v) is 5.80. The molecule has 5 heterocycles. The van der Waals surface area contributed by atoms with Crippen LogP contribution >= 0.6 is 22.7 Å². The van der Waals surface area contributed by atoms with Gasteiger partial charge in [-0.15, -0.1) is 22.7 Å². The van der Waals surface area contributed by atoms with Crippen LogP contribution in [0.3, 0.4) is 0 Å². The summed E-state index contributed by atoms with van der Waals surface area (Å²) < 4.78 is 2.35. The van der Waals surface area contributed by atoms with Gasteiger partial charge in [0.15, 0.2) is 0 Å². The van der Waals surface area contributed by atoms with E-state index in [1.807, 2.05) is 22.4 Å². The van der Waals surface area contributed by atoms with Crippen LogP contribution in [0.4, 0.5) is 0 Å². The molecule has 4 aromatic rings. The monoisotopic (exact) mass is 438 g/mol. The van der Waals surface area contributed by atoms with Gasteiger partial charge in [-0.3, -0.25) is 18.7 Å². The van der Waals surface area contributed by atoms with Crippen LogP contribution in [0.25, 0.3) is 11.0 Å². The van der Waals surface area contributed by atoms with Gasteiger partial charge in [0.1, 0.15) is 5.65 Å². The molecule has 9 heteroatoms. The van der Waals surface area contributed by atoms with Crippen molar-refractivity contribution in [3.05, 3.63) is 82.9 Å². The highest BCUT2D eigenvalue weighted by atomic mass is 32.1. The minimum atomic E-state index is -0.455. The molecule has 0 N–H and O–H groups in total. The number of fused-ring (bicyclic) bond motifs is 2. The Morgan fingerprint density at radius 1 is 1.13 bits per heavy atom. The molecule has 7 nitrogen and oxygen atoms in total. The van der Waals surface area contributed by atoms with E-state index in [0.717, 1.165) is 21.4 Å². The molecule has 4 aromatic heterocycles. The average molecular weight is 439 g/mol. The Bertz CT molecular complexity index is 1400. The molecule has 0 bridgehead atoms. The van der Waals surface area contributed by atoms with Gasteiger partial charge in [-0.25, -0.2) is 9.78 Å². The maximum Gasteiger partial charge on any atom is 0.332 e. The minimum Gasteiger partial charge on any atom is -0.326 e. The summed E-state index contributed by atoms with van der Waals surface area (Å²) in [6.45, 7) is 0.595. The second kappa shape index (κ2) is 7.03. The SMILES string of the molecule is Cn1c(=O)c2cc(C(=O)N3CCc4sccc4C3c3cccs3)cnc2n(C)c1=O. The fraction of sp³-hybridized carbons (Fsp3) is 0.238. The van der Waals surface area contributed by atoms with Gasteiger partial charge in [-0.2, -0.15) is 0 Å². The Morgan fingerprint density at radius 2 is 1.97 bits per heavy atom. The van der Waals surface area contributed by atoms with Crippen LogP contribution in [0.5, 0.6) is 0 Å². The zero-order valence-corrected chi connectivity index (χ0v) is 18.0. The minimum absolute atomic E-state index is 0.147. The first kappa shape index (κ1) is 19.0. The fourth-order valence-electron chi connectivity index (χ4n) is 4.04. The first-order valence-corrected chi connectivity index (χ1v) is 11.2. The molecule has 1 aliphatic heterocycles. The number of nitrogens with zero attached hydrogens (tertiary/aromatic N) is 4. The van der Waals surface area contributed by atoms with Crippen molar-refractivity contribution >= 4 is 39.6 Å². The second-order valence-corrected chi connectivity index (χ2v) is 9.25. The molecular formula is C21H18N4O3S2. The van der Waals surface area contributed by atoms with Gasteiger partial charge in [0.25, 0.3) is 11.5 Å². The topological polar surface area (TPSA) is 77.2 Å². The van der Waals surface area contributed by atoms with E-state index < -0.39 is 11.2 Å². The molecule has 0 radical (unpaired) electrons. The van der Waals surface area contributed by atoms with Crippen LogP contribution in [0.15, 0.2) is 50.8 Å². The Kier molecular flexibility index (Phi) is 4.44. The number of hydrogen-bond donors (Lipinski definition) is 0. The Labute approximate surface area is 179 Å². The van der Waals surface area contributed by atoms with Crippen LogP contribution in [0.2, 0.25) is 0 Å². The summed E-state index contributed by atoms with van der Waals surface area (Å²) in [4.78, 5) is 46.9. The third-order valence-corrected chi connectivity index (χ3v) is 7.50. The van der Waals surface area contributed by atoms with Crippen molar-refractivity contribution < 1.29 is 4.79 Å². The predicted octanol–water partition coefficient (Wildman–Crippen LogP) is 2.54. The van der Waals surface area contributed by atoms with E-state index in [4.69, 9.17) is 0 Å². The molecule has 0 fully saturated rings. The Hall–Kier alpha value is -3.04. The van der Waals surface area contributed by atoms with Gasteiger partial charge in [0, 0.05) is 36.6 Å². The summed E-state index contributed by atoms with van der Waals surface area (Å²) in [6.07, 6.45) is 2.26. The van der Waals surface area contributed by atoms with E-state index in [9.17, 15) is 14.4 Å². The lowest BCUT2D eigenvalue weighted by Gasteiger charge is -2.35. The van der Waals surface area contributed by atoms with Gasteiger partial charge < -0.3 is 4.90 Å². The van der Waals surface area contributed by atoms with Crippen molar-refractivity contribution in [1.82, 2.24) is 19.0 Å². The van der Waals surface area contributed by atoms with Gasteiger partial charge in [0.2, 0.25) is 0 Å². The van der Waals surface area contributed by atoms with Crippen molar-refractivity contribution in [3.63, 3.8) is 0 Å². The van der Waals surface area contributed by atoms with Crippen molar-refractivity contribution in [3.8, 4) is 0 Å². The molecule has 0 aromatic carbocycles. The van der Waals surface area contributed by atoms with Gasteiger partial charge in [-0.05, 0) is 40.9 Å². The van der Waals surface area contributed by atoms with Crippen LogP contribution in [0.1, 0.15) is 31.7 Å². The van der Waals surface area contributed by atoms with E-state index in [1.165, 1.54) is 22.7 Å². The molecule has 0 aliphatic carbocycles. The largest absolute Gasteiger partial charge is 0.332 e. The van der Waals surface area contributed by atoms with Crippen molar-refractivity contribution in [2.45, 2.75) is 12.5 Å². The lowest BCUT2D eigenvalue weighted by atomic mass is 9.97. The van der Waals surface area contributed by atoms with E-state index in [1.54, 1.807) is 35.8 Å². The number of thiophene rings is 2. The van der Waals surface area contributed by atoms with Gasteiger partial charge in [-0.1, -0.05) is 6.07 Å². The third kappa shape index (κ3) is 2.77. The van der Waals surface area contributed by atoms with Crippen LogP contribution in [-0.2, 0) is 20.5 Å². The molecular weight excluding hydrogens is 420 g/mol. The first-order chi connectivity index (χ1) is 14.5. The molecule has 1 aliphatic rings. The van der Waals surface area contributed by atoms with E-state index in [-0.39, 0.29) is 23.0 Å². The summed E-state index contributed by atoms with van der Waals surface area (Å²) >= 11 is 3.35. The number of amides is 1. The smallest absolute Gasteiger partial charge is 0.326 e. The molecule has 1 unspecified atom stereocenters. The number of carbonyl (C=O) groups excluding carboxylic acids is 1. The maximum atomic E-state index is 13.5. The van der Waals surface area contributed by atoms with E-state index in [2.05, 4.69) is 16.4 Å². The Balaban J connectivity index is 1.63. The molecule has 30 heavy (non-hydrogen) atoms. The zero-order chi connectivity index (χ0) is 21.0. The van der Waals surface area contributed by atoms with Crippen LogP contribution in [0, 0.1) is 0 Å². The second-order valence-electron chi connectivity index (χ2n) is 7.27. The number of rotatable bonds is 2. The van der Waals surface area contributed by atoms with Crippen molar-refractivity contribution in [2.24, 2.45) is 14.1 Å². The van der Waals surface area contributed by atoms with E-state index in [0.29, 0.717) is 12.1 Å². The number of pyridine rings is 1. The van der Waals surface area contributed by atoms with Gasteiger partial charge >= 0.3 is 5.69 Å². The highest BCUT2D eigenvalue weighted by Gasteiger charge is 2.34. The molecule has 5 rings (SSSR count). The average Bonchev–Trinajstić information content (AvgIpc) is 3.46. The van der Waals surface area contributed by atoms with Crippen molar-refractivity contribution in [1.29, 1.82) is 0 Å². The number of aromatic nitrogens is 3. The lowest BCUT2D eigenvalue weighted by Crippen LogP contribution is -2.40. The molecule has 0 spiro atoms. The standard InChI is InChI=1S/C21H18N4O3S2/c1-23-18-14(20(27)24(2)21(23)28)10-12(11-22-18)19(26)25-7-5-15-13(6-9-30-15)17(25)16-4-3-8-29-16/h3-4,6,8-11,17H,5,7H2,1-2H3.